The fraction of sp³-hybridized carbons (Fsp3) is 0.0435. The van der Waals surface area contributed by atoms with Crippen molar-refractivity contribution in [1.82, 2.24) is 0 Å². The Kier molecular flexibility index (Phi) is 5.19. The molecule has 4 rings (SSSR count). The van der Waals surface area contributed by atoms with E-state index in [1.54, 1.807) is 24.3 Å². The van der Waals surface area contributed by atoms with Crippen LogP contribution in [0.15, 0.2) is 72.8 Å². The summed E-state index contributed by atoms with van der Waals surface area (Å²) < 4.78 is 0. The Morgan fingerprint density at radius 1 is 0.935 bits per heavy atom. The number of benzene rings is 3. The summed E-state index contributed by atoms with van der Waals surface area (Å²) in [4.78, 5) is 34.9. The van der Waals surface area contributed by atoms with Crippen molar-refractivity contribution in [2.45, 2.75) is 6.92 Å². The van der Waals surface area contributed by atoms with Gasteiger partial charge in [-0.15, -0.1) is 0 Å². The topological polar surface area (TPSA) is 113 Å². The standard InChI is InChI=1S/C23H18N4O4/c1-14(28)24-16-7-9-17(10-8-16)25-22(15-5-3-2-4-6-15)21-19-13-18(27(30)31)11-12-20(19)26-23(21)29/h2-13,25H,1H3,(H,24,28)(H,26,29)/b22-21-. The summed E-state index contributed by atoms with van der Waals surface area (Å²) in [6, 6.07) is 20.6. The molecule has 2 amide bonds. The van der Waals surface area contributed by atoms with Crippen molar-refractivity contribution in [2.75, 3.05) is 16.0 Å². The lowest BCUT2D eigenvalue weighted by Gasteiger charge is -2.15. The Balaban J connectivity index is 1.82. The van der Waals surface area contributed by atoms with Gasteiger partial charge in [-0.2, -0.15) is 0 Å². The molecule has 1 aliphatic heterocycles. The van der Waals surface area contributed by atoms with E-state index in [1.165, 1.54) is 25.1 Å². The van der Waals surface area contributed by atoms with Crippen molar-refractivity contribution in [3.05, 3.63) is 94.0 Å². The van der Waals surface area contributed by atoms with Crippen LogP contribution in [0.3, 0.4) is 0 Å². The van der Waals surface area contributed by atoms with Gasteiger partial charge >= 0.3 is 0 Å². The molecule has 0 radical (unpaired) electrons. The van der Waals surface area contributed by atoms with Crippen LogP contribution in [0.25, 0.3) is 11.3 Å². The summed E-state index contributed by atoms with van der Waals surface area (Å²) in [5, 5.41) is 20.0. The summed E-state index contributed by atoms with van der Waals surface area (Å²) in [6.45, 7) is 1.43. The second-order valence-electron chi connectivity index (χ2n) is 6.94. The highest BCUT2D eigenvalue weighted by Gasteiger charge is 2.30. The highest BCUT2D eigenvalue weighted by atomic mass is 16.6. The molecule has 0 aliphatic carbocycles. The Morgan fingerprint density at radius 3 is 2.19 bits per heavy atom. The first-order valence-corrected chi connectivity index (χ1v) is 9.47. The first-order valence-electron chi connectivity index (χ1n) is 9.47. The number of nitro groups is 1. The molecule has 1 heterocycles. The van der Waals surface area contributed by atoms with Gasteiger partial charge in [0.1, 0.15) is 0 Å². The number of carbonyl (C=O) groups is 2. The summed E-state index contributed by atoms with van der Waals surface area (Å²) >= 11 is 0. The van der Waals surface area contributed by atoms with Crippen molar-refractivity contribution in [3.8, 4) is 0 Å². The minimum absolute atomic E-state index is 0.0974. The highest BCUT2D eigenvalue weighted by Crippen LogP contribution is 2.39. The van der Waals surface area contributed by atoms with Gasteiger partial charge in [-0.05, 0) is 35.9 Å². The second kappa shape index (κ2) is 8.11. The van der Waals surface area contributed by atoms with Crippen LogP contribution < -0.4 is 16.0 Å². The molecule has 31 heavy (non-hydrogen) atoms. The van der Waals surface area contributed by atoms with Crippen LogP contribution in [0.2, 0.25) is 0 Å². The molecule has 3 N–H and O–H groups in total. The Hall–Kier alpha value is -4.46. The monoisotopic (exact) mass is 414 g/mol. The zero-order valence-corrected chi connectivity index (χ0v) is 16.5. The number of nitro benzene ring substituents is 1. The van der Waals surface area contributed by atoms with Crippen molar-refractivity contribution >= 4 is 45.8 Å². The van der Waals surface area contributed by atoms with Gasteiger partial charge in [0.05, 0.1) is 16.2 Å². The normalized spacial score (nSPS) is 13.8. The fourth-order valence-corrected chi connectivity index (χ4v) is 3.39. The Bertz CT molecular complexity index is 1220. The maximum absolute atomic E-state index is 12.9. The smallest absolute Gasteiger partial charge is 0.270 e. The molecular weight excluding hydrogens is 396 g/mol. The maximum atomic E-state index is 12.9. The van der Waals surface area contributed by atoms with Crippen LogP contribution in [0.4, 0.5) is 22.7 Å². The third-order valence-electron chi connectivity index (χ3n) is 4.75. The van der Waals surface area contributed by atoms with Crippen molar-refractivity contribution in [1.29, 1.82) is 0 Å². The first-order chi connectivity index (χ1) is 14.9. The minimum atomic E-state index is -0.489. The molecule has 0 saturated carbocycles. The molecule has 0 spiro atoms. The van der Waals surface area contributed by atoms with E-state index in [4.69, 9.17) is 0 Å². The van der Waals surface area contributed by atoms with Gasteiger partial charge < -0.3 is 16.0 Å². The van der Waals surface area contributed by atoms with E-state index >= 15 is 0 Å². The number of nitrogens with one attached hydrogen (secondary N) is 3. The number of carbonyl (C=O) groups excluding carboxylic acids is 2. The largest absolute Gasteiger partial charge is 0.354 e. The molecule has 0 fully saturated rings. The predicted molar refractivity (Wildman–Crippen MR) is 119 cm³/mol. The maximum Gasteiger partial charge on any atom is 0.270 e. The number of amides is 2. The number of rotatable bonds is 5. The van der Waals surface area contributed by atoms with Crippen LogP contribution in [-0.2, 0) is 9.59 Å². The minimum Gasteiger partial charge on any atom is -0.354 e. The van der Waals surface area contributed by atoms with Gasteiger partial charge in [0.25, 0.3) is 11.6 Å². The number of nitrogens with zero attached hydrogens (tertiary/aromatic N) is 1. The van der Waals surface area contributed by atoms with E-state index in [1.807, 2.05) is 30.3 Å². The number of fused-ring (bicyclic) bond motifs is 1. The third kappa shape index (κ3) is 4.13. The SMILES string of the molecule is CC(=O)Nc1ccc(N/C(=C2\C(=O)Nc3ccc([N+](=O)[O-])cc32)c2ccccc2)cc1. The predicted octanol–water partition coefficient (Wildman–Crippen LogP) is 4.49. The van der Waals surface area contributed by atoms with Crippen LogP contribution in [-0.4, -0.2) is 16.7 Å². The molecule has 0 unspecified atom stereocenters. The molecule has 0 atom stereocenters. The molecule has 0 aromatic heterocycles. The van der Waals surface area contributed by atoms with Gasteiger partial charge in [0, 0.05) is 41.7 Å². The number of hydrogen-bond donors (Lipinski definition) is 3. The quantitative estimate of drug-likeness (QED) is 0.323. The average Bonchev–Trinajstić information content (AvgIpc) is 3.08. The summed E-state index contributed by atoms with van der Waals surface area (Å²) in [7, 11) is 0. The van der Waals surface area contributed by atoms with Crippen LogP contribution >= 0.6 is 0 Å². The average molecular weight is 414 g/mol. The van der Waals surface area contributed by atoms with E-state index in [2.05, 4.69) is 16.0 Å². The van der Waals surface area contributed by atoms with E-state index < -0.39 is 4.92 Å². The van der Waals surface area contributed by atoms with Crippen molar-refractivity contribution < 1.29 is 14.5 Å². The van der Waals surface area contributed by atoms with Crippen molar-refractivity contribution in [3.63, 3.8) is 0 Å². The molecule has 3 aromatic rings. The van der Waals surface area contributed by atoms with Gasteiger partial charge in [-0.25, -0.2) is 0 Å². The lowest BCUT2D eigenvalue weighted by atomic mass is 9.99. The van der Waals surface area contributed by atoms with E-state index in [0.717, 1.165) is 5.56 Å². The molecule has 8 heteroatoms. The van der Waals surface area contributed by atoms with Gasteiger partial charge in [-0.3, -0.25) is 19.7 Å². The summed E-state index contributed by atoms with van der Waals surface area (Å²) in [6.07, 6.45) is 0. The Morgan fingerprint density at radius 2 is 1.58 bits per heavy atom. The number of anilines is 3. The highest BCUT2D eigenvalue weighted by molar-refractivity contribution is 6.37. The molecule has 0 bridgehead atoms. The molecule has 154 valence electrons. The first kappa shape index (κ1) is 19.8. The second-order valence-corrected chi connectivity index (χ2v) is 6.94. The molecule has 1 aliphatic rings. The Labute approximate surface area is 177 Å². The molecule has 3 aromatic carbocycles. The lowest BCUT2D eigenvalue weighted by Crippen LogP contribution is -2.10. The summed E-state index contributed by atoms with van der Waals surface area (Å²) in [5.41, 5.74) is 3.79. The number of non-ortho nitro benzene ring substituents is 1. The van der Waals surface area contributed by atoms with Gasteiger partial charge in [0.15, 0.2) is 0 Å². The van der Waals surface area contributed by atoms with Gasteiger partial charge in [-0.1, -0.05) is 30.3 Å². The van der Waals surface area contributed by atoms with Crippen molar-refractivity contribution in [2.24, 2.45) is 0 Å². The van der Waals surface area contributed by atoms with E-state index in [9.17, 15) is 19.7 Å². The van der Waals surface area contributed by atoms with E-state index in [0.29, 0.717) is 33.9 Å². The van der Waals surface area contributed by atoms with Crippen LogP contribution in [0.5, 0.6) is 0 Å². The molecule has 8 nitrogen and oxygen atoms in total. The zero-order chi connectivity index (χ0) is 22.0. The molecule has 0 saturated heterocycles. The van der Waals surface area contributed by atoms with Crippen LogP contribution in [0.1, 0.15) is 18.1 Å². The third-order valence-corrected chi connectivity index (χ3v) is 4.75. The van der Waals surface area contributed by atoms with Crippen LogP contribution in [0, 0.1) is 10.1 Å². The summed E-state index contributed by atoms with van der Waals surface area (Å²) in [5.74, 6) is -0.523. The van der Waals surface area contributed by atoms with Gasteiger partial charge in [0.2, 0.25) is 5.91 Å². The molecular formula is C23H18N4O4. The van der Waals surface area contributed by atoms with E-state index in [-0.39, 0.29) is 17.5 Å². The zero-order valence-electron chi connectivity index (χ0n) is 16.5. The lowest BCUT2D eigenvalue weighted by molar-refractivity contribution is -0.384. The fourth-order valence-electron chi connectivity index (χ4n) is 3.39. The number of hydrogen-bond acceptors (Lipinski definition) is 5.